The monoisotopic (exact) mass is 477 g/mol. The van der Waals surface area contributed by atoms with E-state index in [4.69, 9.17) is 4.98 Å². The molecule has 1 aromatic heterocycles. The van der Waals surface area contributed by atoms with Gasteiger partial charge in [0.05, 0.1) is 10.7 Å². The number of aryl methyl sites for hydroxylation is 1. The number of aromatic nitrogens is 1. The minimum absolute atomic E-state index is 0.0735. The maximum Gasteiger partial charge on any atom is 0.266 e. The number of thiazole rings is 1. The van der Waals surface area contributed by atoms with E-state index in [-0.39, 0.29) is 28.3 Å². The van der Waals surface area contributed by atoms with Crippen LogP contribution in [0.15, 0.2) is 29.2 Å². The third-order valence-corrected chi connectivity index (χ3v) is 10.3. The zero-order valence-corrected chi connectivity index (χ0v) is 20.2. The van der Waals surface area contributed by atoms with Crippen LogP contribution in [0.1, 0.15) is 66.3 Å². The van der Waals surface area contributed by atoms with Crippen LogP contribution >= 0.6 is 11.3 Å². The lowest BCUT2D eigenvalue weighted by atomic mass is 9.61. The zero-order valence-electron chi connectivity index (χ0n) is 18.5. The first kappa shape index (κ1) is 22.0. The topological polar surface area (TPSA) is 70.6 Å². The summed E-state index contributed by atoms with van der Waals surface area (Å²) in [5.74, 6) is -0.343. The molecule has 0 radical (unpaired) electrons. The first-order valence-electron chi connectivity index (χ1n) is 11.2. The van der Waals surface area contributed by atoms with Crippen molar-refractivity contribution in [3.05, 3.63) is 45.7 Å². The normalized spacial score (nSPS) is 23.7. The number of carbonyl (C=O) groups excluding carboxylic acids is 1. The minimum atomic E-state index is -3.82. The van der Waals surface area contributed by atoms with Crippen LogP contribution in [-0.2, 0) is 16.4 Å². The molecule has 1 saturated heterocycles. The largest absolute Gasteiger partial charge is 0.332 e. The lowest BCUT2D eigenvalue weighted by molar-refractivity contribution is -0.0739. The van der Waals surface area contributed by atoms with Crippen molar-refractivity contribution >= 4 is 27.3 Å². The molecular formula is C23H28FN3O3S2. The van der Waals surface area contributed by atoms with E-state index < -0.39 is 15.8 Å². The molecule has 32 heavy (non-hydrogen) atoms. The first-order chi connectivity index (χ1) is 15.1. The Labute approximate surface area is 192 Å². The van der Waals surface area contributed by atoms with E-state index in [1.54, 1.807) is 0 Å². The summed E-state index contributed by atoms with van der Waals surface area (Å²) in [5.41, 5.74) is 0.826. The second-order valence-electron chi connectivity index (χ2n) is 9.85. The van der Waals surface area contributed by atoms with Gasteiger partial charge in [-0.2, -0.15) is 4.31 Å². The van der Waals surface area contributed by atoms with Crippen LogP contribution in [0, 0.1) is 11.2 Å². The number of hydrogen-bond donors (Lipinski definition) is 0. The average molecular weight is 478 g/mol. The summed E-state index contributed by atoms with van der Waals surface area (Å²) >= 11 is 1.52. The molecule has 6 nitrogen and oxygen atoms in total. The van der Waals surface area contributed by atoms with Gasteiger partial charge in [0.1, 0.15) is 15.6 Å². The Morgan fingerprint density at radius 1 is 1.22 bits per heavy atom. The summed E-state index contributed by atoms with van der Waals surface area (Å²) < 4.78 is 41.0. The Morgan fingerprint density at radius 3 is 2.56 bits per heavy atom. The SMILES string of the molecule is CC(C)c1nc2c(s1)C(=O)N(C1CC3(C1)CN(S(=O)(=O)c1ccccc1F)C3)[C@H](C)CC2. The summed E-state index contributed by atoms with van der Waals surface area (Å²) in [7, 11) is -3.82. The van der Waals surface area contributed by atoms with E-state index in [1.807, 2.05) is 4.90 Å². The lowest BCUT2D eigenvalue weighted by Gasteiger charge is -2.60. The van der Waals surface area contributed by atoms with Crippen molar-refractivity contribution in [1.82, 2.24) is 14.2 Å². The molecule has 3 heterocycles. The quantitative estimate of drug-likeness (QED) is 0.667. The number of nitrogens with zero attached hydrogens (tertiary/aromatic N) is 3. The molecule has 1 amide bonds. The number of rotatable bonds is 4. The number of hydrogen-bond acceptors (Lipinski definition) is 5. The second-order valence-corrected chi connectivity index (χ2v) is 12.8. The number of sulfonamides is 1. The Morgan fingerprint density at radius 2 is 1.91 bits per heavy atom. The van der Waals surface area contributed by atoms with Gasteiger partial charge in [-0.05, 0) is 44.7 Å². The summed E-state index contributed by atoms with van der Waals surface area (Å²) in [4.78, 5) is 20.7. The zero-order chi connectivity index (χ0) is 22.8. The molecule has 0 bridgehead atoms. The van der Waals surface area contributed by atoms with Crippen LogP contribution in [0.2, 0.25) is 0 Å². The van der Waals surface area contributed by atoms with Crippen LogP contribution in [0.5, 0.6) is 0 Å². The fourth-order valence-corrected chi connectivity index (χ4v) is 8.13. The Kier molecular flexibility index (Phi) is 5.22. The van der Waals surface area contributed by atoms with Gasteiger partial charge in [-0.3, -0.25) is 4.79 Å². The Hall–Kier alpha value is -1.84. The minimum Gasteiger partial charge on any atom is -0.332 e. The predicted molar refractivity (Wildman–Crippen MR) is 121 cm³/mol. The Balaban J connectivity index is 1.28. The predicted octanol–water partition coefficient (Wildman–Crippen LogP) is 4.04. The van der Waals surface area contributed by atoms with E-state index in [2.05, 4.69) is 20.8 Å². The van der Waals surface area contributed by atoms with Gasteiger partial charge in [-0.15, -0.1) is 11.3 Å². The molecule has 0 unspecified atom stereocenters. The molecule has 172 valence electrons. The molecule has 9 heteroatoms. The smallest absolute Gasteiger partial charge is 0.266 e. The molecule has 0 N–H and O–H groups in total. The van der Waals surface area contributed by atoms with Crippen molar-refractivity contribution < 1.29 is 17.6 Å². The third kappa shape index (κ3) is 3.40. The summed E-state index contributed by atoms with van der Waals surface area (Å²) in [5, 5.41) is 1.01. The highest BCUT2D eigenvalue weighted by atomic mass is 32.2. The number of fused-ring (bicyclic) bond motifs is 1. The fraction of sp³-hybridized carbons (Fsp3) is 0.565. The molecule has 1 saturated carbocycles. The number of halogens is 1. The van der Waals surface area contributed by atoms with Crippen molar-refractivity contribution in [3.63, 3.8) is 0 Å². The van der Waals surface area contributed by atoms with Gasteiger partial charge in [0, 0.05) is 36.5 Å². The van der Waals surface area contributed by atoms with Crippen LogP contribution in [0.25, 0.3) is 0 Å². The summed E-state index contributed by atoms with van der Waals surface area (Å²) in [6, 6.07) is 5.76. The second kappa shape index (κ2) is 7.60. The number of carbonyl (C=O) groups is 1. The van der Waals surface area contributed by atoms with Gasteiger partial charge < -0.3 is 4.90 Å². The van der Waals surface area contributed by atoms with Crippen molar-refractivity contribution in [2.75, 3.05) is 13.1 Å². The maximum absolute atomic E-state index is 14.0. The van der Waals surface area contributed by atoms with Crippen molar-refractivity contribution in [1.29, 1.82) is 0 Å². The molecule has 2 aromatic rings. The average Bonchev–Trinajstić information content (AvgIpc) is 3.07. The lowest BCUT2D eigenvalue weighted by Crippen LogP contribution is -2.68. The number of amides is 1. The maximum atomic E-state index is 14.0. The van der Waals surface area contributed by atoms with Crippen molar-refractivity contribution in [3.8, 4) is 0 Å². The van der Waals surface area contributed by atoms with E-state index >= 15 is 0 Å². The Bertz CT molecular complexity index is 1160. The fourth-order valence-electron chi connectivity index (χ4n) is 5.34. The van der Waals surface area contributed by atoms with E-state index in [0.29, 0.717) is 19.0 Å². The van der Waals surface area contributed by atoms with Crippen LogP contribution in [0.3, 0.4) is 0 Å². The van der Waals surface area contributed by atoms with Crippen LogP contribution in [-0.4, -0.2) is 53.7 Å². The molecular weight excluding hydrogens is 449 g/mol. The molecule has 3 aliphatic rings. The summed E-state index contributed by atoms with van der Waals surface area (Å²) in [6.45, 7) is 7.06. The van der Waals surface area contributed by atoms with Gasteiger partial charge in [0.2, 0.25) is 10.0 Å². The molecule has 1 aliphatic carbocycles. The summed E-state index contributed by atoms with van der Waals surface area (Å²) in [6.07, 6.45) is 3.28. The highest BCUT2D eigenvalue weighted by Gasteiger charge is 2.58. The first-order valence-corrected chi connectivity index (χ1v) is 13.4. The van der Waals surface area contributed by atoms with Crippen molar-refractivity contribution in [2.45, 2.75) is 69.4 Å². The van der Waals surface area contributed by atoms with Gasteiger partial charge >= 0.3 is 0 Å². The third-order valence-electron chi connectivity index (χ3n) is 7.12. The van der Waals surface area contributed by atoms with Crippen LogP contribution in [0.4, 0.5) is 4.39 Å². The molecule has 2 aliphatic heterocycles. The molecule has 1 spiro atoms. The number of benzene rings is 1. The molecule has 5 rings (SSSR count). The van der Waals surface area contributed by atoms with Gasteiger partial charge in [0.25, 0.3) is 5.91 Å². The molecule has 1 aromatic carbocycles. The van der Waals surface area contributed by atoms with Gasteiger partial charge in [0.15, 0.2) is 0 Å². The molecule has 2 fully saturated rings. The van der Waals surface area contributed by atoms with Crippen LogP contribution < -0.4 is 0 Å². The van der Waals surface area contributed by atoms with E-state index in [1.165, 1.54) is 39.9 Å². The highest BCUT2D eigenvalue weighted by Crippen LogP contribution is 2.53. The highest BCUT2D eigenvalue weighted by molar-refractivity contribution is 7.89. The van der Waals surface area contributed by atoms with E-state index in [0.717, 1.165) is 41.3 Å². The standard InChI is InChI=1S/C23H28FN3O3S2/c1-14(2)21-25-18-9-8-15(3)27(22(28)20(18)31-21)16-10-23(11-16)12-26(13-23)32(29,30)19-7-5-4-6-17(19)24/h4-7,14-16H,8-13H2,1-3H3/t15-/m1/s1. The molecule has 1 atom stereocenters. The van der Waals surface area contributed by atoms with Crippen molar-refractivity contribution in [2.24, 2.45) is 5.41 Å². The van der Waals surface area contributed by atoms with E-state index in [9.17, 15) is 17.6 Å². The van der Waals surface area contributed by atoms with Gasteiger partial charge in [-0.25, -0.2) is 17.8 Å². The van der Waals surface area contributed by atoms with Gasteiger partial charge in [-0.1, -0.05) is 26.0 Å².